The maximum atomic E-state index is 12.9. The third-order valence-corrected chi connectivity index (χ3v) is 4.73. The highest BCUT2D eigenvalue weighted by molar-refractivity contribution is 6.46. The van der Waals surface area contributed by atoms with Crippen molar-refractivity contribution in [2.45, 2.75) is 32.4 Å². The number of pyridine rings is 1. The van der Waals surface area contributed by atoms with E-state index in [-0.39, 0.29) is 17.4 Å². The molecule has 0 saturated carbocycles. The van der Waals surface area contributed by atoms with Crippen molar-refractivity contribution in [3.63, 3.8) is 0 Å². The molecule has 0 spiro atoms. The van der Waals surface area contributed by atoms with Crippen molar-refractivity contribution in [3.8, 4) is 5.75 Å². The molecule has 0 bridgehead atoms. The number of ketones is 1. The Bertz CT molecular complexity index is 940. The van der Waals surface area contributed by atoms with Gasteiger partial charge in [0, 0.05) is 32.0 Å². The highest BCUT2D eigenvalue weighted by atomic mass is 16.5. The van der Waals surface area contributed by atoms with Crippen LogP contribution in [0.5, 0.6) is 5.75 Å². The van der Waals surface area contributed by atoms with Crippen LogP contribution in [0.3, 0.4) is 0 Å². The maximum absolute atomic E-state index is 12.9. The number of aromatic nitrogens is 1. The molecule has 7 nitrogen and oxygen atoms in total. The number of hydrogen-bond acceptors (Lipinski definition) is 6. The molecular formula is C23H26N2O5. The van der Waals surface area contributed by atoms with Gasteiger partial charge in [-0.1, -0.05) is 18.2 Å². The summed E-state index contributed by atoms with van der Waals surface area (Å²) >= 11 is 0. The fourth-order valence-electron chi connectivity index (χ4n) is 3.48. The van der Waals surface area contributed by atoms with Crippen molar-refractivity contribution >= 4 is 17.4 Å². The molecular weight excluding hydrogens is 384 g/mol. The molecule has 3 rings (SSSR count). The molecule has 1 amide bonds. The number of carbonyl (C=O) groups excluding carboxylic acids is 2. The monoisotopic (exact) mass is 410 g/mol. The maximum Gasteiger partial charge on any atom is 0.295 e. The van der Waals surface area contributed by atoms with Crippen LogP contribution in [0, 0.1) is 0 Å². The lowest BCUT2D eigenvalue weighted by Gasteiger charge is -2.24. The van der Waals surface area contributed by atoms with Gasteiger partial charge in [0.15, 0.2) is 0 Å². The minimum absolute atomic E-state index is 0.0258. The van der Waals surface area contributed by atoms with E-state index < -0.39 is 17.7 Å². The summed E-state index contributed by atoms with van der Waals surface area (Å²) in [6.45, 7) is 4.57. The molecule has 0 radical (unpaired) electrons. The van der Waals surface area contributed by atoms with Crippen molar-refractivity contribution in [1.29, 1.82) is 0 Å². The van der Waals surface area contributed by atoms with Gasteiger partial charge >= 0.3 is 0 Å². The van der Waals surface area contributed by atoms with E-state index in [4.69, 9.17) is 9.47 Å². The van der Waals surface area contributed by atoms with Gasteiger partial charge < -0.3 is 19.5 Å². The van der Waals surface area contributed by atoms with Gasteiger partial charge in [0.05, 0.1) is 17.4 Å². The molecule has 1 N–H and O–H groups in total. The molecule has 7 heteroatoms. The van der Waals surface area contributed by atoms with Gasteiger partial charge in [-0.2, -0.15) is 0 Å². The van der Waals surface area contributed by atoms with Crippen molar-refractivity contribution in [2.24, 2.45) is 0 Å². The van der Waals surface area contributed by atoms with Gasteiger partial charge in [-0.05, 0) is 44.5 Å². The number of aliphatic hydroxyl groups excluding tert-OH is 1. The van der Waals surface area contributed by atoms with E-state index in [0.29, 0.717) is 36.6 Å². The number of likely N-dealkylation sites (tertiary alicyclic amines) is 1. The van der Waals surface area contributed by atoms with E-state index in [9.17, 15) is 14.7 Å². The molecule has 1 fully saturated rings. The third kappa shape index (κ3) is 4.52. The van der Waals surface area contributed by atoms with Crippen LogP contribution >= 0.6 is 0 Å². The number of ether oxygens (including phenoxy) is 2. The first-order chi connectivity index (χ1) is 14.4. The quantitative estimate of drug-likeness (QED) is 0.311. The molecule has 0 aliphatic carbocycles. The Balaban J connectivity index is 2.07. The molecule has 1 aromatic carbocycles. The summed E-state index contributed by atoms with van der Waals surface area (Å²) in [5.74, 6) is -1.06. The molecule has 1 aliphatic rings. The van der Waals surface area contributed by atoms with Crippen molar-refractivity contribution in [3.05, 3.63) is 65.5 Å². The van der Waals surface area contributed by atoms with E-state index in [1.54, 1.807) is 55.8 Å². The Kier molecular flexibility index (Phi) is 6.84. The van der Waals surface area contributed by atoms with Gasteiger partial charge in [-0.15, -0.1) is 0 Å². The average Bonchev–Trinajstić information content (AvgIpc) is 2.99. The number of rotatable bonds is 8. The van der Waals surface area contributed by atoms with Crippen LogP contribution in [-0.2, 0) is 14.3 Å². The number of nitrogens with zero attached hydrogens (tertiary/aromatic N) is 2. The van der Waals surface area contributed by atoms with Gasteiger partial charge in [-0.3, -0.25) is 14.6 Å². The number of amides is 1. The first kappa shape index (κ1) is 21.5. The highest BCUT2D eigenvalue weighted by Gasteiger charge is 2.46. The lowest BCUT2D eigenvalue weighted by Crippen LogP contribution is -2.31. The lowest BCUT2D eigenvalue weighted by molar-refractivity contribution is -0.140. The van der Waals surface area contributed by atoms with Crippen LogP contribution in [0.2, 0.25) is 0 Å². The van der Waals surface area contributed by atoms with E-state index in [0.717, 1.165) is 0 Å². The Morgan fingerprint density at radius 2 is 2.00 bits per heavy atom. The molecule has 158 valence electrons. The summed E-state index contributed by atoms with van der Waals surface area (Å²) < 4.78 is 10.8. The van der Waals surface area contributed by atoms with Gasteiger partial charge in [-0.25, -0.2) is 0 Å². The zero-order valence-electron chi connectivity index (χ0n) is 17.4. The van der Waals surface area contributed by atoms with E-state index in [1.807, 2.05) is 13.8 Å². The molecule has 1 aromatic heterocycles. The summed E-state index contributed by atoms with van der Waals surface area (Å²) in [6, 6.07) is 11.4. The van der Waals surface area contributed by atoms with Crippen LogP contribution in [0.1, 0.15) is 37.6 Å². The van der Waals surface area contributed by atoms with Crippen molar-refractivity contribution in [2.75, 3.05) is 20.3 Å². The topological polar surface area (TPSA) is 89.0 Å². The Labute approximate surface area is 175 Å². The summed E-state index contributed by atoms with van der Waals surface area (Å²) in [4.78, 5) is 31.5. The summed E-state index contributed by atoms with van der Waals surface area (Å²) in [5, 5.41) is 11.1. The van der Waals surface area contributed by atoms with E-state index in [1.165, 1.54) is 4.90 Å². The van der Waals surface area contributed by atoms with Crippen LogP contribution in [0.4, 0.5) is 0 Å². The van der Waals surface area contributed by atoms with Gasteiger partial charge in [0.25, 0.3) is 11.7 Å². The fraction of sp³-hybridized carbons (Fsp3) is 0.348. The molecule has 1 aliphatic heterocycles. The highest BCUT2D eigenvalue weighted by Crippen LogP contribution is 2.39. The minimum Gasteiger partial charge on any atom is -0.507 e. The molecule has 30 heavy (non-hydrogen) atoms. The minimum atomic E-state index is -0.766. The standard InChI is InChI=1S/C23H26N2O5/c1-15(2)30-17-9-6-8-16(14-17)21(26)19-20(18-10-4-5-11-24-18)25(12-7-13-29-3)23(28)22(19)27/h4-6,8-11,14-15,20,26H,7,12-13H2,1-3H3/b21-19-. The summed E-state index contributed by atoms with van der Waals surface area (Å²) in [6.07, 6.45) is 2.12. The fourth-order valence-corrected chi connectivity index (χ4v) is 3.48. The Hall–Kier alpha value is -3.19. The number of carbonyl (C=O) groups is 2. The molecule has 2 aromatic rings. The normalized spacial score (nSPS) is 18.3. The first-order valence-electron chi connectivity index (χ1n) is 9.89. The predicted molar refractivity (Wildman–Crippen MR) is 112 cm³/mol. The van der Waals surface area contributed by atoms with Gasteiger partial charge in [0.1, 0.15) is 17.6 Å². The van der Waals surface area contributed by atoms with Gasteiger partial charge in [0.2, 0.25) is 0 Å². The second kappa shape index (κ2) is 9.54. The molecule has 1 saturated heterocycles. The SMILES string of the molecule is COCCCN1C(=O)C(=O)/C(=C(\O)c2cccc(OC(C)C)c2)C1c1ccccn1. The first-order valence-corrected chi connectivity index (χ1v) is 9.89. The van der Waals surface area contributed by atoms with Crippen LogP contribution < -0.4 is 4.74 Å². The zero-order valence-corrected chi connectivity index (χ0v) is 17.4. The second-order valence-corrected chi connectivity index (χ2v) is 7.29. The molecule has 2 heterocycles. The van der Waals surface area contributed by atoms with Crippen molar-refractivity contribution < 1.29 is 24.2 Å². The lowest BCUT2D eigenvalue weighted by atomic mass is 9.98. The zero-order chi connectivity index (χ0) is 21.7. The predicted octanol–water partition coefficient (Wildman–Crippen LogP) is 3.33. The van der Waals surface area contributed by atoms with E-state index in [2.05, 4.69) is 4.98 Å². The number of methoxy groups -OCH3 is 1. The largest absolute Gasteiger partial charge is 0.507 e. The number of hydrogen-bond donors (Lipinski definition) is 1. The molecule has 1 atom stereocenters. The van der Waals surface area contributed by atoms with E-state index >= 15 is 0 Å². The molecule has 1 unspecified atom stereocenters. The smallest absolute Gasteiger partial charge is 0.295 e. The van der Waals surface area contributed by atoms with Crippen LogP contribution in [-0.4, -0.2) is 53.0 Å². The summed E-state index contributed by atoms with van der Waals surface area (Å²) in [5.41, 5.74) is 0.951. The summed E-state index contributed by atoms with van der Waals surface area (Å²) in [7, 11) is 1.58. The number of Topliss-reactive ketones (excluding diaryl/α,β-unsaturated/α-hetero) is 1. The third-order valence-electron chi connectivity index (χ3n) is 4.73. The van der Waals surface area contributed by atoms with Crippen LogP contribution in [0.15, 0.2) is 54.2 Å². The number of benzene rings is 1. The Morgan fingerprint density at radius 1 is 1.20 bits per heavy atom. The van der Waals surface area contributed by atoms with Crippen LogP contribution in [0.25, 0.3) is 5.76 Å². The Morgan fingerprint density at radius 3 is 2.67 bits per heavy atom. The van der Waals surface area contributed by atoms with Crippen molar-refractivity contribution in [1.82, 2.24) is 9.88 Å². The number of aliphatic hydroxyl groups is 1. The average molecular weight is 410 g/mol. The second-order valence-electron chi connectivity index (χ2n) is 7.29.